The second kappa shape index (κ2) is 4.61. The van der Waals surface area contributed by atoms with Gasteiger partial charge in [0.15, 0.2) is 0 Å². The van der Waals surface area contributed by atoms with Crippen LogP contribution in [0.4, 0.5) is 0 Å². The number of hydrogen-bond donors (Lipinski definition) is 1. The van der Waals surface area contributed by atoms with Crippen LogP contribution in [0.25, 0.3) is 0 Å². The van der Waals surface area contributed by atoms with Crippen molar-refractivity contribution in [2.45, 2.75) is 37.6 Å². The quantitative estimate of drug-likeness (QED) is 0.904. The SMILES string of the molecule is Cc1cc(C)c(S(N)(=O)=O)cc1C(=O)N(C)C1CC1. The maximum atomic E-state index is 12.3. The van der Waals surface area contributed by atoms with Crippen LogP contribution in [0, 0.1) is 13.8 Å². The van der Waals surface area contributed by atoms with E-state index in [1.807, 2.05) is 0 Å². The Morgan fingerprint density at radius 1 is 1.26 bits per heavy atom. The molecule has 104 valence electrons. The van der Waals surface area contributed by atoms with E-state index in [1.54, 1.807) is 31.9 Å². The topological polar surface area (TPSA) is 80.5 Å². The maximum Gasteiger partial charge on any atom is 0.254 e. The predicted molar refractivity (Wildman–Crippen MR) is 72.4 cm³/mol. The molecule has 1 amide bonds. The van der Waals surface area contributed by atoms with Gasteiger partial charge in [0.2, 0.25) is 10.0 Å². The lowest BCUT2D eigenvalue weighted by Gasteiger charge is -2.18. The first kappa shape index (κ1) is 14.0. The number of benzene rings is 1. The summed E-state index contributed by atoms with van der Waals surface area (Å²) in [6, 6.07) is 3.36. The summed E-state index contributed by atoms with van der Waals surface area (Å²) in [7, 11) is -2.06. The molecule has 2 N–H and O–H groups in total. The van der Waals surface area contributed by atoms with Gasteiger partial charge < -0.3 is 4.90 Å². The number of carbonyl (C=O) groups excluding carboxylic acids is 1. The van der Waals surface area contributed by atoms with Crippen molar-refractivity contribution >= 4 is 15.9 Å². The van der Waals surface area contributed by atoms with E-state index in [0.717, 1.165) is 18.4 Å². The molecular weight excluding hydrogens is 264 g/mol. The molecule has 0 radical (unpaired) electrons. The molecule has 1 saturated carbocycles. The third-order valence-corrected chi connectivity index (χ3v) is 4.53. The van der Waals surface area contributed by atoms with Crippen LogP contribution >= 0.6 is 0 Å². The average molecular weight is 282 g/mol. The van der Waals surface area contributed by atoms with E-state index in [2.05, 4.69) is 0 Å². The highest BCUT2D eigenvalue weighted by Gasteiger charge is 2.31. The van der Waals surface area contributed by atoms with Crippen LogP contribution in [-0.2, 0) is 10.0 Å². The van der Waals surface area contributed by atoms with Gasteiger partial charge in [0.25, 0.3) is 5.91 Å². The summed E-state index contributed by atoms with van der Waals surface area (Å²) in [6.07, 6.45) is 2.02. The zero-order valence-corrected chi connectivity index (χ0v) is 12.1. The van der Waals surface area contributed by atoms with Crippen LogP contribution in [0.15, 0.2) is 17.0 Å². The average Bonchev–Trinajstić information content (AvgIpc) is 3.09. The Hall–Kier alpha value is -1.40. The van der Waals surface area contributed by atoms with Crippen molar-refractivity contribution in [2.24, 2.45) is 5.14 Å². The van der Waals surface area contributed by atoms with Gasteiger partial charge in [-0.2, -0.15) is 0 Å². The van der Waals surface area contributed by atoms with E-state index in [1.165, 1.54) is 6.07 Å². The second-order valence-electron chi connectivity index (χ2n) is 5.12. The molecule has 19 heavy (non-hydrogen) atoms. The molecule has 0 atom stereocenters. The number of nitrogens with two attached hydrogens (primary N) is 1. The summed E-state index contributed by atoms with van der Waals surface area (Å²) >= 11 is 0. The molecule has 0 spiro atoms. The molecular formula is C13H18N2O3S. The zero-order chi connectivity index (χ0) is 14.4. The Bertz CT molecular complexity index is 634. The summed E-state index contributed by atoms with van der Waals surface area (Å²) in [5.74, 6) is -0.148. The van der Waals surface area contributed by atoms with Gasteiger partial charge in [-0.15, -0.1) is 0 Å². The summed E-state index contributed by atoms with van der Waals surface area (Å²) in [6.45, 7) is 3.47. The Morgan fingerprint density at radius 3 is 2.32 bits per heavy atom. The van der Waals surface area contributed by atoms with Crippen molar-refractivity contribution in [3.63, 3.8) is 0 Å². The van der Waals surface area contributed by atoms with Crippen LogP contribution in [0.2, 0.25) is 0 Å². The fraction of sp³-hybridized carbons (Fsp3) is 0.462. The van der Waals surface area contributed by atoms with Crippen molar-refractivity contribution in [1.82, 2.24) is 4.90 Å². The van der Waals surface area contributed by atoms with E-state index in [9.17, 15) is 13.2 Å². The third kappa shape index (κ3) is 2.79. The van der Waals surface area contributed by atoms with E-state index in [0.29, 0.717) is 11.1 Å². The highest BCUT2D eigenvalue weighted by atomic mass is 32.2. The standard InChI is InChI=1S/C13H18N2O3S/c1-8-6-9(2)12(19(14,17)18)7-11(8)13(16)15(3)10-4-5-10/h6-7,10H,4-5H2,1-3H3,(H2,14,17,18). The molecule has 1 aliphatic carbocycles. The Labute approximate surface area is 113 Å². The minimum atomic E-state index is -3.81. The number of hydrogen-bond acceptors (Lipinski definition) is 3. The monoisotopic (exact) mass is 282 g/mol. The molecule has 0 bridgehead atoms. The smallest absolute Gasteiger partial charge is 0.254 e. The summed E-state index contributed by atoms with van der Waals surface area (Å²) in [5.41, 5.74) is 1.73. The Morgan fingerprint density at radius 2 is 1.84 bits per heavy atom. The molecule has 0 saturated heterocycles. The van der Waals surface area contributed by atoms with Crippen LogP contribution < -0.4 is 5.14 Å². The van der Waals surface area contributed by atoms with Crippen molar-refractivity contribution in [3.05, 3.63) is 28.8 Å². The minimum absolute atomic E-state index is 0.0191. The van der Waals surface area contributed by atoms with Crippen LogP contribution in [0.5, 0.6) is 0 Å². The van der Waals surface area contributed by atoms with Crippen molar-refractivity contribution in [3.8, 4) is 0 Å². The second-order valence-corrected chi connectivity index (χ2v) is 6.65. The van der Waals surface area contributed by atoms with E-state index >= 15 is 0 Å². The van der Waals surface area contributed by atoms with Gasteiger partial charge in [-0.3, -0.25) is 4.79 Å². The molecule has 0 heterocycles. The molecule has 1 aliphatic rings. The molecule has 2 rings (SSSR count). The lowest BCUT2D eigenvalue weighted by atomic mass is 10.0. The van der Waals surface area contributed by atoms with Gasteiger partial charge in [-0.05, 0) is 43.9 Å². The third-order valence-electron chi connectivity index (χ3n) is 3.47. The van der Waals surface area contributed by atoms with Crippen LogP contribution in [0.3, 0.4) is 0 Å². The van der Waals surface area contributed by atoms with Crippen LogP contribution in [-0.4, -0.2) is 32.3 Å². The van der Waals surface area contributed by atoms with E-state index in [4.69, 9.17) is 5.14 Å². The number of sulfonamides is 1. The van der Waals surface area contributed by atoms with Gasteiger partial charge in [-0.25, -0.2) is 13.6 Å². The minimum Gasteiger partial charge on any atom is -0.339 e. The summed E-state index contributed by atoms with van der Waals surface area (Å²) < 4.78 is 23.0. The first-order valence-corrected chi connectivity index (χ1v) is 7.67. The molecule has 0 unspecified atom stereocenters. The van der Waals surface area contributed by atoms with Gasteiger partial charge in [0.1, 0.15) is 0 Å². The number of nitrogens with zero attached hydrogens (tertiary/aromatic N) is 1. The molecule has 0 aliphatic heterocycles. The molecule has 0 aromatic heterocycles. The predicted octanol–water partition coefficient (Wildman–Crippen LogP) is 1.19. The lowest BCUT2D eigenvalue weighted by molar-refractivity contribution is 0.0784. The fourth-order valence-corrected chi connectivity index (χ4v) is 2.98. The Kier molecular flexibility index (Phi) is 3.40. The van der Waals surface area contributed by atoms with Crippen LogP contribution in [0.1, 0.15) is 34.3 Å². The normalized spacial score (nSPS) is 15.4. The first-order chi connectivity index (χ1) is 8.71. The van der Waals surface area contributed by atoms with Gasteiger partial charge in [0.05, 0.1) is 4.90 Å². The highest BCUT2D eigenvalue weighted by Crippen LogP contribution is 2.28. The zero-order valence-electron chi connectivity index (χ0n) is 11.3. The summed E-state index contributed by atoms with van der Waals surface area (Å²) in [5, 5.41) is 5.17. The van der Waals surface area contributed by atoms with Crippen molar-refractivity contribution in [2.75, 3.05) is 7.05 Å². The van der Waals surface area contributed by atoms with E-state index < -0.39 is 10.0 Å². The first-order valence-electron chi connectivity index (χ1n) is 6.13. The Balaban J connectivity index is 2.48. The molecule has 5 nitrogen and oxygen atoms in total. The largest absolute Gasteiger partial charge is 0.339 e. The number of aryl methyl sites for hydroxylation is 2. The van der Waals surface area contributed by atoms with Crippen molar-refractivity contribution < 1.29 is 13.2 Å². The molecule has 1 aromatic carbocycles. The molecule has 1 fully saturated rings. The van der Waals surface area contributed by atoms with Crippen molar-refractivity contribution in [1.29, 1.82) is 0 Å². The fourth-order valence-electron chi connectivity index (χ4n) is 2.19. The van der Waals surface area contributed by atoms with E-state index in [-0.39, 0.29) is 16.8 Å². The number of primary sulfonamides is 1. The molecule has 1 aromatic rings. The highest BCUT2D eigenvalue weighted by molar-refractivity contribution is 7.89. The van der Waals surface area contributed by atoms with Gasteiger partial charge >= 0.3 is 0 Å². The van der Waals surface area contributed by atoms with Gasteiger partial charge in [0, 0.05) is 18.7 Å². The van der Waals surface area contributed by atoms with Gasteiger partial charge in [-0.1, -0.05) is 6.07 Å². The number of amides is 1. The lowest BCUT2D eigenvalue weighted by Crippen LogP contribution is -2.29. The number of rotatable bonds is 3. The maximum absolute atomic E-state index is 12.3. The summed E-state index contributed by atoms with van der Waals surface area (Å²) in [4.78, 5) is 14.0. The molecule has 6 heteroatoms. The number of carbonyl (C=O) groups is 1.